The maximum Gasteiger partial charge on any atom is 0.416 e. The molecule has 0 saturated heterocycles. The van der Waals surface area contributed by atoms with E-state index in [1.54, 1.807) is 37.3 Å². The van der Waals surface area contributed by atoms with Gasteiger partial charge >= 0.3 is 6.18 Å². The number of hydrogen-bond donors (Lipinski definition) is 1. The van der Waals surface area contributed by atoms with Crippen LogP contribution in [0, 0.1) is 6.92 Å². The molecule has 180 valence electrons. The molecule has 0 spiro atoms. The second-order valence-electron chi connectivity index (χ2n) is 8.26. The Bertz CT molecular complexity index is 1400. The predicted octanol–water partition coefficient (Wildman–Crippen LogP) is 6.18. The van der Waals surface area contributed by atoms with Gasteiger partial charge in [-0.1, -0.05) is 78.3 Å². The van der Waals surface area contributed by atoms with Crippen molar-refractivity contribution in [1.29, 1.82) is 0 Å². The summed E-state index contributed by atoms with van der Waals surface area (Å²) in [7, 11) is 0. The Morgan fingerprint density at radius 2 is 1.60 bits per heavy atom. The van der Waals surface area contributed by atoms with E-state index in [1.807, 2.05) is 30.3 Å². The highest BCUT2D eigenvalue weighted by atomic mass is 35.5. The monoisotopic (exact) mass is 497 g/mol. The van der Waals surface area contributed by atoms with Gasteiger partial charge in [0.05, 0.1) is 23.4 Å². The zero-order chi connectivity index (χ0) is 25.2. The highest BCUT2D eigenvalue weighted by molar-refractivity contribution is 6.33. The first-order valence-corrected chi connectivity index (χ1v) is 11.4. The van der Waals surface area contributed by atoms with Crippen molar-refractivity contribution in [3.63, 3.8) is 0 Å². The van der Waals surface area contributed by atoms with Crippen molar-refractivity contribution in [2.24, 2.45) is 5.73 Å². The number of benzene rings is 3. The molecule has 0 radical (unpaired) electrons. The van der Waals surface area contributed by atoms with E-state index in [9.17, 15) is 18.0 Å². The molecule has 0 aliphatic rings. The Labute approximate surface area is 205 Å². The number of halogens is 4. The molecule has 0 aliphatic heterocycles. The molecule has 3 aromatic carbocycles. The van der Waals surface area contributed by atoms with Crippen molar-refractivity contribution in [2.75, 3.05) is 0 Å². The molecule has 4 nitrogen and oxygen atoms in total. The number of hydrogen-bond acceptors (Lipinski definition) is 3. The molecule has 0 saturated carbocycles. The lowest BCUT2D eigenvalue weighted by Crippen LogP contribution is -2.32. The molecule has 8 heteroatoms. The van der Waals surface area contributed by atoms with Gasteiger partial charge in [-0.3, -0.25) is 4.79 Å². The third-order valence-electron chi connectivity index (χ3n) is 5.92. The Kier molecular flexibility index (Phi) is 7.10. The number of aromatic nitrogens is 2. The number of nitrogens with zero attached hydrogens (tertiary/aromatic N) is 2. The topological polar surface area (TPSA) is 60.9 Å². The van der Waals surface area contributed by atoms with Crippen molar-refractivity contribution in [3.05, 3.63) is 122 Å². The fourth-order valence-electron chi connectivity index (χ4n) is 4.10. The van der Waals surface area contributed by atoms with Crippen LogP contribution in [-0.2, 0) is 19.1 Å². The second kappa shape index (κ2) is 10.1. The molecule has 1 unspecified atom stereocenters. The standard InChI is InChI=1S/C27H23ClF3N3O/c1-17-24(15-19-11-5-7-13-21(19)27(29,30)31)33-34(16-23(32)18-9-3-2-4-10-18)26(35)25(17)20-12-6-8-14-22(20)28/h2-14,23H,15-16,32H2,1H3. The lowest BCUT2D eigenvalue weighted by molar-refractivity contribution is -0.138. The van der Waals surface area contributed by atoms with E-state index < -0.39 is 23.3 Å². The summed E-state index contributed by atoms with van der Waals surface area (Å²) < 4.78 is 42.2. The first-order chi connectivity index (χ1) is 16.7. The fraction of sp³-hybridized carbons (Fsp3) is 0.185. The third-order valence-corrected chi connectivity index (χ3v) is 6.25. The zero-order valence-corrected chi connectivity index (χ0v) is 19.6. The van der Waals surface area contributed by atoms with E-state index in [0.29, 0.717) is 27.4 Å². The Balaban J connectivity index is 1.87. The summed E-state index contributed by atoms with van der Waals surface area (Å²) in [4.78, 5) is 13.5. The van der Waals surface area contributed by atoms with Crippen LogP contribution in [0.15, 0.2) is 83.7 Å². The van der Waals surface area contributed by atoms with Crippen molar-refractivity contribution in [3.8, 4) is 11.1 Å². The molecule has 0 amide bonds. The van der Waals surface area contributed by atoms with Crippen molar-refractivity contribution < 1.29 is 13.2 Å². The average molecular weight is 498 g/mol. The lowest BCUT2D eigenvalue weighted by Gasteiger charge is -2.19. The van der Waals surface area contributed by atoms with Gasteiger partial charge in [0.15, 0.2) is 0 Å². The summed E-state index contributed by atoms with van der Waals surface area (Å²) in [6.45, 7) is 1.73. The summed E-state index contributed by atoms with van der Waals surface area (Å²) in [5.41, 5.74) is 7.70. The predicted molar refractivity (Wildman–Crippen MR) is 131 cm³/mol. The van der Waals surface area contributed by atoms with Gasteiger partial charge in [-0.2, -0.15) is 18.3 Å². The fourth-order valence-corrected chi connectivity index (χ4v) is 4.33. The van der Waals surface area contributed by atoms with Gasteiger partial charge in [-0.05, 0) is 35.7 Å². The SMILES string of the molecule is Cc1c(Cc2ccccc2C(F)(F)F)nn(CC(N)c2ccccc2)c(=O)c1-c1ccccc1Cl. The van der Waals surface area contributed by atoms with Crippen LogP contribution >= 0.6 is 11.6 Å². The Morgan fingerprint density at radius 1 is 0.971 bits per heavy atom. The van der Waals surface area contributed by atoms with Crippen LogP contribution < -0.4 is 11.3 Å². The largest absolute Gasteiger partial charge is 0.416 e. The van der Waals surface area contributed by atoms with E-state index in [0.717, 1.165) is 11.6 Å². The highest BCUT2D eigenvalue weighted by Crippen LogP contribution is 2.34. The Morgan fingerprint density at radius 3 is 2.29 bits per heavy atom. The quantitative estimate of drug-likeness (QED) is 0.346. The van der Waals surface area contributed by atoms with E-state index in [-0.39, 0.29) is 18.5 Å². The smallest absolute Gasteiger partial charge is 0.322 e. The third kappa shape index (κ3) is 5.31. The van der Waals surface area contributed by atoms with Gasteiger partial charge in [0.25, 0.3) is 5.56 Å². The van der Waals surface area contributed by atoms with E-state index in [1.165, 1.54) is 16.8 Å². The van der Waals surface area contributed by atoms with Crippen molar-refractivity contribution in [2.45, 2.75) is 32.1 Å². The lowest BCUT2D eigenvalue weighted by atomic mass is 9.96. The van der Waals surface area contributed by atoms with Gasteiger partial charge in [0.1, 0.15) is 0 Å². The number of rotatable bonds is 6. The van der Waals surface area contributed by atoms with Gasteiger partial charge in [0, 0.05) is 23.0 Å². The van der Waals surface area contributed by atoms with Gasteiger partial charge in [-0.15, -0.1) is 0 Å². The van der Waals surface area contributed by atoms with E-state index in [4.69, 9.17) is 17.3 Å². The van der Waals surface area contributed by atoms with Crippen LogP contribution in [0.2, 0.25) is 5.02 Å². The summed E-state index contributed by atoms with van der Waals surface area (Å²) in [5.74, 6) is 0. The first-order valence-electron chi connectivity index (χ1n) is 11.0. The molecule has 2 N–H and O–H groups in total. The zero-order valence-electron chi connectivity index (χ0n) is 18.9. The van der Waals surface area contributed by atoms with Gasteiger partial charge in [0.2, 0.25) is 0 Å². The minimum absolute atomic E-state index is 0.0501. The molecule has 4 aromatic rings. The van der Waals surface area contributed by atoms with Crippen LogP contribution in [0.1, 0.15) is 34.0 Å². The molecule has 1 heterocycles. The molecule has 35 heavy (non-hydrogen) atoms. The van der Waals surface area contributed by atoms with Crippen molar-refractivity contribution in [1.82, 2.24) is 9.78 Å². The van der Waals surface area contributed by atoms with E-state index in [2.05, 4.69) is 5.10 Å². The molecule has 1 atom stereocenters. The number of nitrogens with two attached hydrogens (primary N) is 1. The molecular formula is C27H23ClF3N3O. The summed E-state index contributed by atoms with van der Waals surface area (Å²) >= 11 is 6.41. The number of alkyl halides is 3. The summed E-state index contributed by atoms with van der Waals surface area (Å²) in [6, 6.07) is 20.9. The molecule has 4 rings (SSSR count). The van der Waals surface area contributed by atoms with Gasteiger partial charge < -0.3 is 5.73 Å². The average Bonchev–Trinajstić information content (AvgIpc) is 2.83. The van der Waals surface area contributed by atoms with Crippen LogP contribution in [0.3, 0.4) is 0 Å². The maximum absolute atomic E-state index is 13.6. The van der Waals surface area contributed by atoms with Crippen LogP contribution in [0.4, 0.5) is 13.2 Å². The van der Waals surface area contributed by atoms with Crippen LogP contribution in [0.5, 0.6) is 0 Å². The van der Waals surface area contributed by atoms with Gasteiger partial charge in [-0.25, -0.2) is 4.68 Å². The first kappa shape index (κ1) is 24.7. The molecule has 1 aromatic heterocycles. The minimum Gasteiger partial charge on any atom is -0.322 e. The summed E-state index contributed by atoms with van der Waals surface area (Å²) in [5, 5.41) is 4.85. The van der Waals surface area contributed by atoms with Crippen LogP contribution in [-0.4, -0.2) is 9.78 Å². The normalized spacial score (nSPS) is 12.5. The maximum atomic E-state index is 13.6. The molecule has 0 fully saturated rings. The van der Waals surface area contributed by atoms with E-state index >= 15 is 0 Å². The second-order valence-corrected chi connectivity index (χ2v) is 8.67. The Hall–Kier alpha value is -3.42. The van der Waals surface area contributed by atoms with Crippen molar-refractivity contribution >= 4 is 11.6 Å². The summed E-state index contributed by atoms with van der Waals surface area (Å²) in [6.07, 6.45) is -4.62. The van der Waals surface area contributed by atoms with Crippen LogP contribution in [0.25, 0.3) is 11.1 Å². The highest BCUT2D eigenvalue weighted by Gasteiger charge is 2.33. The molecule has 0 aliphatic carbocycles. The molecular weight excluding hydrogens is 475 g/mol. The minimum atomic E-state index is -4.51. The molecule has 0 bridgehead atoms.